The lowest BCUT2D eigenvalue weighted by Gasteiger charge is -2.05. The van der Waals surface area contributed by atoms with Gasteiger partial charge in [-0.2, -0.15) is 0 Å². The Morgan fingerprint density at radius 3 is 2.60 bits per heavy atom. The second kappa shape index (κ2) is 7.03. The van der Waals surface area contributed by atoms with Crippen molar-refractivity contribution in [1.29, 1.82) is 0 Å². The first-order chi connectivity index (χ1) is 4.77. The fraction of sp³-hybridized carbons (Fsp3) is 0.875. The largest absolute Gasteiger partial charge is 0.320 e. The lowest BCUT2D eigenvalue weighted by Crippen LogP contribution is -2.19. The van der Waals surface area contributed by atoms with E-state index < -0.39 is 0 Å². The van der Waals surface area contributed by atoms with E-state index in [1.807, 2.05) is 7.05 Å². The SMILES string of the molecule is CNCC[CH]NCC(C)C. The molecule has 0 aliphatic rings. The molecule has 0 aromatic heterocycles. The second-order valence-corrected chi connectivity index (χ2v) is 2.90. The molecule has 0 saturated carbocycles. The van der Waals surface area contributed by atoms with E-state index in [1.165, 1.54) is 0 Å². The summed E-state index contributed by atoms with van der Waals surface area (Å²) in [6.45, 7) is 8.68. The van der Waals surface area contributed by atoms with Gasteiger partial charge in [0.1, 0.15) is 0 Å². The maximum Gasteiger partial charge on any atom is 0.0233 e. The molecule has 2 heteroatoms. The van der Waals surface area contributed by atoms with Crippen molar-refractivity contribution in [1.82, 2.24) is 10.6 Å². The van der Waals surface area contributed by atoms with Crippen LogP contribution in [-0.4, -0.2) is 20.1 Å². The van der Waals surface area contributed by atoms with Crippen LogP contribution in [0.25, 0.3) is 0 Å². The molecule has 0 heterocycles. The Morgan fingerprint density at radius 1 is 1.40 bits per heavy atom. The van der Waals surface area contributed by atoms with E-state index in [2.05, 4.69) is 31.0 Å². The van der Waals surface area contributed by atoms with Gasteiger partial charge in [-0.25, -0.2) is 0 Å². The molecule has 0 amide bonds. The summed E-state index contributed by atoms with van der Waals surface area (Å²) in [7, 11) is 1.97. The molecule has 0 fully saturated rings. The normalized spacial score (nSPS) is 10.8. The topological polar surface area (TPSA) is 24.1 Å². The highest BCUT2D eigenvalue weighted by Gasteiger charge is 1.91. The molecule has 1 radical (unpaired) electrons. The monoisotopic (exact) mass is 143 g/mol. The van der Waals surface area contributed by atoms with Crippen molar-refractivity contribution >= 4 is 0 Å². The molecule has 61 valence electrons. The average Bonchev–Trinajstić information content (AvgIpc) is 1.87. The molecular weight excluding hydrogens is 124 g/mol. The lowest BCUT2D eigenvalue weighted by atomic mass is 10.2. The van der Waals surface area contributed by atoms with E-state index in [0.717, 1.165) is 25.4 Å². The Hall–Kier alpha value is -0.0800. The molecule has 0 saturated heterocycles. The number of nitrogens with one attached hydrogen (secondary N) is 2. The molecule has 2 N–H and O–H groups in total. The van der Waals surface area contributed by atoms with Gasteiger partial charge >= 0.3 is 0 Å². The molecular formula is C8H19N2. The summed E-state index contributed by atoms with van der Waals surface area (Å²) in [5.41, 5.74) is 0. The molecule has 0 spiro atoms. The summed E-state index contributed by atoms with van der Waals surface area (Å²) in [6, 6.07) is 0. The minimum atomic E-state index is 0.742. The van der Waals surface area contributed by atoms with E-state index in [-0.39, 0.29) is 0 Å². The van der Waals surface area contributed by atoms with Crippen LogP contribution in [0.5, 0.6) is 0 Å². The van der Waals surface area contributed by atoms with E-state index in [9.17, 15) is 0 Å². The summed E-state index contributed by atoms with van der Waals surface area (Å²) >= 11 is 0. The molecule has 0 aromatic carbocycles. The lowest BCUT2D eigenvalue weighted by molar-refractivity contribution is 0.576. The van der Waals surface area contributed by atoms with E-state index in [0.29, 0.717) is 0 Å². The molecule has 0 atom stereocenters. The number of rotatable bonds is 6. The van der Waals surface area contributed by atoms with E-state index in [4.69, 9.17) is 0 Å². The van der Waals surface area contributed by atoms with E-state index in [1.54, 1.807) is 0 Å². The van der Waals surface area contributed by atoms with Crippen molar-refractivity contribution in [2.45, 2.75) is 20.3 Å². The minimum absolute atomic E-state index is 0.742. The smallest absolute Gasteiger partial charge is 0.0233 e. The Bertz CT molecular complexity index is 62.3. The van der Waals surface area contributed by atoms with Crippen LogP contribution in [0.1, 0.15) is 20.3 Å². The fourth-order valence-corrected chi connectivity index (χ4v) is 0.638. The van der Waals surface area contributed by atoms with Gasteiger partial charge in [-0.15, -0.1) is 0 Å². The van der Waals surface area contributed by atoms with Gasteiger partial charge in [0.2, 0.25) is 0 Å². The Labute approximate surface area is 64.4 Å². The molecule has 0 unspecified atom stereocenters. The van der Waals surface area contributed by atoms with Gasteiger partial charge in [0, 0.05) is 6.54 Å². The zero-order chi connectivity index (χ0) is 7.82. The van der Waals surface area contributed by atoms with Crippen LogP contribution in [0.15, 0.2) is 0 Å². The van der Waals surface area contributed by atoms with Gasteiger partial charge < -0.3 is 10.6 Å². The zero-order valence-electron chi connectivity index (χ0n) is 7.28. The first kappa shape index (κ1) is 9.92. The van der Waals surface area contributed by atoms with Crippen LogP contribution in [0, 0.1) is 12.5 Å². The Balaban J connectivity index is 2.77. The third kappa shape index (κ3) is 7.92. The van der Waals surface area contributed by atoms with Crippen molar-refractivity contribution in [2.75, 3.05) is 20.1 Å². The summed E-state index contributed by atoms with van der Waals surface area (Å²) < 4.78 is 0. The first-order valence-corrected chi connectivity index (χ1v) is 3.97. The van der Waals surface area contributed by atoms with Crippen molar-refractivity contribution in [2.24, 2.45) is 5.92 Å². The molecule has 0 aliphatic heterocycles. The highest BCUT2D eigenvalue weighted by Crippen LogP contribution is 1.88. The Morgan fingerprint density at radius 2 is 2.10 bits per heavy atom. The van der Waals surface area contributed by atoms with Crippen molar-refractivity contribution in [3.05, 3.63) is 6.54 Å². The predicted octanol–water partition coefficient (Wildman–Crippen LogP) is 1.00. The second-order valence-electron chi connectivity index (χ2n) is 2.90. The van der Waals surface area contributed by atoms with E-state index >= 15 is 0 Å². The van der Waals surface area contributed by atoms with Crippen LogP contribution < -0.4 is 10.6 Å². The van der Waals surface area contributed by atoms with Crippen LogP contribution in [0.3, 0.4) is 0 Å². The molecule has 0 aliphatic carbocycles. The maximum atomic E-state index is 3.25. The molecule has 2 nitrogen and oxygen atoms in total. The van der Waals surface area contributed by atoms with Crippen LogP contribution in [-0.2, 0) is 0 Å². The van der Waals surface area contributed by atoms with Gasteiger partial charge in [-0.3, -0.25) is 0 Å². The quantitative estimate of drug-likeness (QED) is 0.542. The van der Waals surface area contributed by atoms with Gasteiger partial charge in [0.05, 0.1) is 0 Å². The van der Waals surface area contributed by atoms with Crippen LogP contribution in [0.2, 0.25) is 0 Å². The minimum Gasteiger partial charge on any atom is -0.320 e. The molecule has 10 heavy (non-hydrogen) atoms. The molecule has 0 rings (SSSR count). The average molecular weight is 143 g/mol. The molecule has 0 bridgehead atoms. The van der Waals surface area contributed by atoms with Gasteiger partial charge in [-0.05, 0) is 32.5 Å². The van der Waals surface area contributed by atoms with Crippen molar-refractivity contribution < 1.29 is 0 Å². The summed E-state index contributed by atoms with van der Waals surface area (Å²) in [5.74, 6) is 0.742. The number of hydrogen-bond donors (Lipinski definition) is 2. The van der Waals surface area contributed by atoms with Gasteiger partial charge in [0.25, 0.3) is 0 Å². The zero-order valence-corrected chi connectivity index (χ0v) is 7.28. The predicted molar refractivity (Wildman–Crippen MR) is 45.7 cm³/mol. The third-order valence-corrected chi connectivity index (χ3v) is 1.21. The molecule has 0 aromatic rings. The van der Waals surface area contributed by atoms with Crippen molar-refractivity contribution in [3.8, 4) is 0 Å². The van der Waals surface area contributed by atoms with Gasteiger partial charge in [-0.1, -0.05) is 13.8 Å². The summed E-state index contributed by atoms with van der Waals surface area (Å²) in [5, 5.41) is 6.34. The Kier molecular flexibility index (Phi) is 6.98. The fourth-order valence-electron chi connectivity index (χ4n) is 0.638. The maximum absolute atomic E-state index is 3.25. The summed E-state index contributed by atoms with van der Waals surface area (Å²) in [6.07, 6.45) is 1.10. The number of hydrogen-bond acceptors (Lipinski definition) is 2. The van der Waals surface area contributed by atoms with Crippen molar-refractivity contribution in [3.63, 3.8) is 0 Å². The summed E-state index contributed by atoms with van der Waals surface area (Å²) in [4.78, 5) is 0. The standard InChI is InChI=1S/C8H19N2/c1-8(2)7-10-6-4-5-9-3/h6,8-10H,4-5,7H2,1-3H3. The first-order valence-electron chi connectivity index (χ1n) is 3.97. The van der Waals surface area contributed by atoms with Crippen LogP contribution >= 0.6 is 0 Å². The van der Waals surface area contributed by atoms with Gasteiger partial charge in [0.15, 0.2) is 0 Å². The van der Waals surface area contributed by atoms with Crippen LogP contribution in [0.4, 0.5) is 0 Å². The third-order valence-electron chi connectivity index (χ3n) is 1.21. The highest BCUT2D eigenvalue weighted by atomic mass is 14.9. The highest BCUT2D eigenvalue weighted by molar-refractivity contribution is 4.63.